The fourth-order valence-electron chi connectivity index (χ4n) is 2.46. The first kappa shape index (κ1) is 13.7. The van der Waals surface area contributed by atoms with Crippen molar-refractivity contribution in [3.05, 3.63) is 52.6 Å². The molecule has 1 atom stereocenters. The van der Waals surface area contributed by atoms with E-state index in [1.807, 2.05) is 11.6 Å². The lowest BCUT2D eigenvalue weighted by Crippen LogP contribution is -2.11. The smallest absolute Gasteiger partial charge is 0.123 e. The van der Waals surface area contributed by atoms with Crippen LogP contribution in [-0.2, 0) is 6.54 Å². The summed E-state index contributed by atoms with van der Waals surface area (Å²) < 4.78 is 14.9. The van der Waals surface area contributed by atoms with E-state index in [-0.39, 0.29) is 5.82 Å². The Morgan fingerprint density at radius 2 is 1.89 bits per heavy atom. The van der Waals surface area contributed by atoms with Crippen molar-refractivity contribution in [2.45, 2.75) is 33.2 Å². The van der Waals surface area contributed by atoms with Gasteiger partial charge in [-0.2, -0.15) is 5.10 Å². The van der Waals surface area contributed by atoms with Gasteiger partial charge in [0, 0.05) is 11.3 Å². The highest BCUT2D eigenvalue weighted by Gasteiger charge is 2.16. The summed E-state index contributed by atoms with van der Waals surface area (Å²) >= 11 is 0. The van der Waals surface area contributed by atoms with E-state index in [1.54, 1.807) is 12.1 Å². The van der Waals surface area contributed by atoms with E-state index in [9.17, 15) is 4.39 Å². The van der Waals surface area contributed by atoms with Gasteiger partial charge >= 0.3 is 0 Å². The van der Waals surface area contributed by atoms with E-state index in [0.717, 1.165) is 17.0 Å². The molecule has 1 heterocycles. The fraction of sp³-hybridized carbons (Fsp3) is 0.400. The Labute approximate surface area is 113 Å². The first-order chi connectivity index (χ1) is 9.02. The van der Waals surface area contributed by atoms with Gasteiger partial charge in [-0.3, -0.25) is 4.68 Å². The number of nitrogens with two attached hydrogens (primary N) is 1. The average molecular weight is 261 g/mol. The Morgan fingerprint density at radius 1 is 1.26 bits per heavy atom. The van der Waals surface area contributed by atoms with Crippen molar-refractivity contribution in [3.63, 3.8) is 0 Å². The van der Waals surface area contributed by atoms with Gasteiger partial charge < -0.3 is 5.73 Å². The van der Waals surface area contributed by atoms with E-state index >= 15 is 0 Å². The third-order valence-corrected chi connectivity index (χ3v) is 3.53. The molecule has 1 unspecified atom stereocenters. The summed E-state index contributed by atoms with van der Waals surface area (Å²) in [4.78, 5) is 0. The molecule has 2 aromatic rings. The van der Waals surface area contributed by atoms with E-state index in [4.69, 9.17) is 5.73 Å². The van der Waals surface area contributed by atoms with Crippen LogP contribution < -0.4 is 5.73 Å². The maximum atomic E-state index is 12.9. The van der Waals surface area contributed by atoms with Crippen molar-refractivity contribution in [1.82, 2.24) is 9.78 Å². The van der Waals surface area contributed by atoms with Crippen LogP contribution in [0.2, 0.25) is 0 Å². The standard InChI is InChI=1S/C15H20FN3/c1-10(8-17)15-11(2)18-19(12(15)3)9-13-4-6-14(16)7-5-13/h4-7,10H,8-9,17H2,1-3H3. The quantitative estimate of drug-likeness (QED) is 0.919. The Morgan fingerprint density at radius 3 is 2.47 bits per heavy atom. The van der Waals surface area contributed by atoms with Gasteiger partial charge in [0.2, 0.25) is 0 Å². The van der Waals surface area contributed by atoms with Crippen molar-refractivity contribution in [3.8, 4) is 0 Å². The molecule has 1 aromatic heterocycles. The number of aromatic nitrogens is 2. The molecule has 0 fully saturated rings. The molecule has 0 saturated heterocycles. The topological polar surface area (TPSA) is 43.8 Å². The molecule has 102 valence electrons. The van der Waals surface area contributed by atoms with Crippen molar-refractivity contribution in [1.29, 1.82) is 0 Å². The van der Waals surface area contributed by atoms with Crippen LogP contribution in [0.4, 0.5) is 4.39 Å². The zero-order valence-electron chi connectivity index (χ0n) is 11.7. The third kappa shape index (κ3) is 2.84. The van der Waals surface area contributed by atoms with Crippen LogP contribution in [0.15, 0.2) is 24.3 Å². The predicted molar refractivity (Wildman–Crippen MR) is 74.7 cm³/mol. The minimum atomic E-state index is -0.213. The van der Waals surface area contributed by atoms with Crippen LogP contribution in [0.3, 0.4) is 0 Å². The Kier molecular flexibility index (Phi) is 4.00. The summed E-state index contributed by atoms with van der Waals surface area (Å²) in [5, 5.41) is 4.56. The lowest BCUT2D eigenvalue weighted by atomic mass is 9.99. The highest BCUT2D eigenvalue weighted by Crippen LogP contribution is 2.23. The second-order valence-corrected chi connectivity index (χ2v) is 5.01. The summed E-state index contributed by atoms with van der Waals surface area (Å²) in [6, 6.07) is 6.53. The lowest BCUT2D eigenvalue weighted by Gasteiger charge is -2.10. The van der Waals surface area contributed by atoms with Crippen molar-refractivity contribution in [2.75, 3.05) is 6.54 Å². The van der Waals surface area contributed by atoms with Crippen molar-refractivity contribution < 1.29 is 4.39 Å². The van der Waals surface area contributed by atoms with Crippen LogP contribution in [0.25, 0.3) is 0 Å². The molecule has 0 aliphatic carbocycles. The molecule has 0 saturated carbocycles. The first-order valence-corrected chi connectivity index (χ1v) is 6.51. The number of hydrogen-bond acceptors (Lipinski definition) is 2. The largest absolute Gasteiger partial charge is 0.330 e. The number of hydrogen-bond donors (Lipinski definition) is 1. The molecular weight excluding hydrogens is 241 g/mol. The molecule has 2 N–H and O–H groups in total. The molecule has 0 bridgehead atoms. The number of aryl methyl sites for hydroxylation is 1. The van der Waals surface area contributed by atoms with Crippen molar-refractivity contribution in [2.24, 2.45) is 5.73 Å². The van der Waals surface area contributed by atoms with Gasteiger partial charge in [0.25, 0.3) is 0 Å². The zero-order valence-corrected chi connectivity index (χ0v) is 11.7. The number of halogens is 1. The number of rotatable bonds is 4. The van der Waals surface area contributed by atoms with E-state index in [2.05, 4.69) is 18.9 Å². The molecular formula is C15H20FN3. The van der Waals surface area contributed by atoms with Gasteiger partial charge in [-0.15, -0.1) is 0 Å². The van der Waals surface area contributed by atoms with Crippen LogP contribution >= 0.6 is 0 Å². The normalized spacial score (nSPS) is 12.7. The second kappa shape index (κ2) is 5.53. The molecule has 3 nitrogen and oxygen atoms in total. The fourth-order valence-corrected chi connectivity index (χ4v) is 2.46. The van der Waals surface area contributed by atoms with Crippen LogP contribution in [-0.4, -0.2) is 16.3 Å². The Balaban J connectivity index is 2.29. The van der Waals surface area contributed by atoms with Crippen molar-refractivity contribution >= 4 is 0 Å². The highest BCUT2D eigenvalue weighted by atomic mass is 19.1. The molecule has 1 aromatic carbocycles. The van der Waals surface area contributed by atoms with Gasteiger partial charge in [0.1, 0.15) is 5.82 Å². The van der Waals surface area contributed by atoms with Gasteiger partial charge in [0.05, 0.1) is 12.2 Å². The third-order valence-electron chi connectivity index (χ3n) is 3.53. The number of benzene rings is 1. The Hall–Kier alpha value is -1.68. The monoisotopic (exact) mass is 261 g/mol. The maximum absolute atomic E-state index is 12.9. The van der Waals surface area contributed by atoms with Crippen LogP contribution in [0.1, 0.15) is 35.4 Å². The lowest BCUT2D eigenvalue weighted by molar-refractivity contribution is 0.622. The first-order valence-electron chi connectivity index (χ1n) is 6.51. The summed E-state index contributed by atoms with van der Waals surface area (Å²) in [6.45, 7) is 7.45. The highest BCUT2D eigenvalue weighted by molar-refractivity contribution is 5.29. The van der Waals surface area contributed by atoms with Gasteiger partial charge in [-0.25, -0.2) is 4.39 Å². The summed E-state index contributed by atoms with van der Waals surface area (Å²) in [6.07, 6.45) is 0. The summed E-state index contributed by atoms with van der Waals surface area (Å²) in [5.74, 6) is 0.0940. The number of nitrogens with zero attached hydrogens (tertiary/aromatic N) is 2. The summed E-state index contributed by atoms with van der Waals surface area (Å²) in [7, 11) is 0. The van der Waals surface area contributed by atoms with E-state index < -0.39 is 0 Å². The van der Waals surface area contributed by atoms with Gasteiger partial charge in [0.15, 0.2) is 0 Å². The van der Waals surface area contributed by atoms with Gasteiger partial charge in [-0.1, -0.05) is 19.1 Å². The average Bonchev–Trinajstić information content (AvgIpc) is 2.66. The summed E-state index contributed by atoms with van der Waals surface area (Å²) in [5.41, 5.74) is 10.2. The minimum Gasteiger partial charge on any atom is -0.330 e. The predicted octanol–water partition coefficient (Wildman–Crippen LogP) is 2.75. The minimum absolute atomic E-state index is 0.213. The second-order valence-electron chi connectivity index (χ2n) is 5.01. The van der Waals surface area contributed by atoms with E-state index in [1.165, 1.54) is 17.7 Å². The van der Waals surface area contributed by atoms with E-state index in [0.29, 0.717) is 19.0 Å². The zero-order chi connectivity index (χ0) is 14.0. The molecule has 2 rings (SSSR count). The SMILES string of the molecule is Cc1nn(Cc2ccc(F)cc2)c(C)c1C(C)CN. The molecule has 0 aliphatic heterocycles. The maximum Gasteiger partial charge on any atom is 0.123 e. The molecule has 0 spiro atoms. The van der Waals surface area contributed by atoms with Crippen LogP contribution in [0.5, 0.6) is 0 Å². The van der Waals surface area contributed by atoms with Gasteiger partial charge in [-0.05, 0) is 44.0 Å². The Bertz CT molecular complexity index is 558. The molecule has 0 aliphatic rings. The molecule has 0 radical (unpaired) electrons. The molecule has 0 amide bonds. The molecule has 4 heteroatoms. The molecule has 19 heavy (non-hydrogen) atoms. The van der Waals surface area contributed by atoms with Crippen LogP contribution in [0, 0.1) is 19.7 Å².